The third-order valence-electron chi connectivity index (χ3n) is 3.67. The van der Waals surface area contributed by atoms with E-state index in [4.69, 9.17) is 51.4 Å². The monoisotopic (exact) mass is 469 g/mol. The number of amides is 1. The first-order valence-electron chi connectivity index (χ1n) is 7.86. The van der Waals surface area contributed by atoms with Crippen molar-refractivity contribution >= 4 is 69.4 Å². The molecule has 1 heterocycles. The fraction of sp³-hybridized carbons (Fsp3) is 0. The fourth-order valence-corrected chi connectivity index (χ4v) is 3.52. The van der Waals surface area contributed by atoms with Gasteiger partial charge in [0.1, 0.15) is 5.76 Å². The number of carbonyl (C=O) groups excluding carboxylic acids is 1. The van der Waals surface area contributed by atoms with Gasteiger partial charge in [0.05, 0.1) is 26.2 Å². The average Bonchev–Trinajstić information content (AvgIpc) is 3.15. The van der Waals surface area contributed by atoms with Crippen LogP contribution in [0.5, 0.6) is 0 Å². The molecule has 0 saturated heterocycles. The summed E-state index contributed by atoms with van der Waals surface area (Å²) in [5.74, 6) is -0.575. The third kappa shape index (κ3) is 4.86. The molecule has 0 radical (unpaired) electrons. The molecule has 0 bridgehead atoms. The van der Waals surface area contributed by atoms with E-state index in [-0.39, 0.29) is 43.6 Å². The van der Waals surface area contributed by atoms with Crippen molar-refractivity contribution in [3.05, 3.63) is 79.5 Å². The molecule has 0 saturated carbocycles. The summed E-state index contributed by atoms with van der Waals surface area (Å²) in [5, 5.41) is 17.0. The van der Waals surface area contributed by atoms with E-state index < -0.39 is 10.8 Å². The molecule has 0 aliphatic heterocycles. The van der Waals surface area contributed by atoms with Crippen LogP contribution in [0.4, 0.5) is 11.4 Å². The van der Waals surface area contributed by atoms with Gasteiger partial charge < -0.3 is 9.73 Å². The van der Waals surface area contributed by atoms with Crippen molar-refractivity contribution in [3.8, 4) is 11.3 Å². The van der Waals surface area contributed by atoms with Crippen molar-refractivity contribution < 1.29 is 14.1 Å². The summed E-state index contributed by atoms with van der Waals surface area (Å²) in [5.41, 5.74) is 0.387. The lowest BCUT2D eigenvalue weighted by Gasteiger charge is -2.12. The van der Waals surface area contributed by atoms with Crippen LogP contribution in [0.1, 0.15) is 10.6 Å². The zero-order valence-electron chi connectivity index (χ0n) is 14.2. The normalized spacial score (nSPS) is 10.4. The van der Waals surface area contributed by atoms with Crippen molar-refractivity contribution in [2.75, 3.05) is 5.32 Å². The molecule has 0 aliphatic rings. The maximum Gasteiger partial charge on any atom is 0.293 e. The van der Waals surface area contributed by atoms with Gasteiger partial charge in [-0.1, -0.05) is 46.9 Å². The van der Waals surface area contributed by atoms with Crippen LogP contribution in [0.15, 0.2) is 52.9 Å². The summed E-state index contributed by atoms with van der Waals surface area (Å²) in [6.45, 7) is 0. The van der Waals surface area contributed by atoms with E-state index in [0.29, 0.717) is 5.02 Å². The Morgan fingerprint density at radius 1 is 1.07 bits per heavy atom. The summed E-state index contributed by atoms with van der Waals surface area (Å²) in [6, 6.07) is 11.8. The molecule has 1 amide bonds. The molecule has 7 nitrogen and oxygen atoms in total. The minimum absolute atomic E-state index is 0.0789. The Hall–Kier alpha value is -2.65. The highest BCUT2D eigenvalue weighted by atomic mass is 35.5. The van der Waals surface area contributed by atoms with Gasteiger partial charge in [-0.3, -0.25) is 20.2 Å². The minimum atomic E-state index is -0.659. The van der Waals surface area contributed by atoms with Crippen LogP contribution in [0.25, 0.3) is 11.3 Å². The number of carbonyl (C=O) groups is 1. The molecule has 0 unspecified atom stereocenters. The van der Waals surface area contributed by atoms with Crippen LogP contribution in [-0.2, 0) is 0 Å². The Morgan fingerprint density at radius 3 is 2.38 bits per heavy atom. The highest BCUT2D eigenvalue weighted by Gasteiger charge is 2.20. The quantitative estimate of drug-likeness (QED) is 0.278. The molecule has 2 aromatic carbocycles. The Balaban J connectivity index is 1.75. The zero-order valence-corrected chi connectivity index (χ0v) is 17.3. The first-order chi connectivity index (χ1) is 13.8. The van der Waals surface area contributed by atoms with E-state index in [1.807, 2.05) is 0 Å². The number of benzene rings is 2. The molecule has 11 heteroatoms. The lowest BCUT2D eigenvalue weighted by Crippen LogP contribution is -2.34. The Bertz CT molecular complexity index is 1110. The molecule has 29 heavy (non-hydrogen) atoms. The number of anilines is 1. The maximum absolute atomic E-state index is 12.4. The SMILES string of the molecule is O=C(NC(=S)Nc1c(Cl)cc(Cl)cc1Cl)c1ccc(-c2ccccc2[N+](=O)[O-])o1. The van der Waals surface area contributed by atoms with Gasteiger partial charge in [-0.25, -0.2) is 0 Å². The number of nitro benzene ring substituents is 1. The number of nitro groups is 1. The van der Waals surface area contributed by atoms with Gasteiger partial charge in [0, 0.05) is 11.1 Å². The Morgan fingerprint density at radius 2 is 1.72 bits per heavy atom. The van der Waals surface area contributed by atoms with Crippen molar-refractivity contribution in [1.29, 1.82) is 0 Å². The predicted octanol–water partition coefficient (Wildman–Crippen LogP) is 5.94. The van der Waals surface area contributed by atoms with Crippen LogP contribution in [0, 0.1) is 10.1 Å². The average molecular weight is 471 g/mol. The molecule has 0 aliphatic carbocycles. The Kier molecular flexibility index (Phi) is 6.39. The number of rotatable bonds is 4. The molecular formula is C18H10Cl3N3O4S. The number of halogens is 3. The summed E-state index contributed by atoms with van der Waals surface area (Å²) in [6.07, 6.45) is 0. The second-order valence-corrected chi connectivity index (χ2v) is 7.25. The summed E-state index contributed by atoms with van der Waals surface area (Å²) in [4.78, 5) is 23.0. The highest BCUT2D eigenvalue weighted by molar-refractivity contribution is 7.80. The van der Waals surface area contributed by atoms with Gasteiger partial charge >= 0.3 is 0 Å². The van der Waals surface area contributed by atoms with E-state index >= 15 is 0 Å². The van der Waals surface area contributed by atoms with E-state index in [0.717, 1.165) is 0 Å². The van der Waals surface area contributed by atoms with Crippen LogP contribution in [0.3, 0.4) is 0 Å². The highest BCUT2D eigenvalue weighted by Crippen LogP contribution is 2.34. The van der Waals surface area contributed by atoms with Crippen molar-refractivity contribution in [2.24, 2.45) is 0 Å². The van der Waals surface area contributed by atoms with E-state index in [1.54, 1.807) is 6.07 Å². The smallest absolute Gasteiger partial charge is 0.293 e. The maximum atomic E-state index is 12.4. The van der Waals surface area contributed by atoms with E-state index in [2.05, 4.69) is 10.6 Å². The van der Waals surface area contributed by atoms with E-state index in [9.17, 15) is 14.9 Å². The molecule has 148 valence electrons. The van der Waals surface area contributed by atoms with Crippen molar-refractivity contribution in [2.45, 2.75) is 0 Å². The predicted molar refractivity (Wildman–Crippen MR) is 116 cm³/mol. The van der Waals surface area contributed by atoms with Gasteiger partial charge in [0.15, 0.2) is 10.9 Å². The number of nitrogens with one attached hydrogen (secondary N) is 2. The summed E-state index contributed by atoms with van der Waals surface area (Å²) < 4.78 is 5.46. The molecule has 0 fully saturated rings. The molecule has 3 aromatic rings. The van der Waals surface area contributed by atoms with Crippen molar-refractivity contribution in [3.63, 3.8) is 0 Å². The van der Waals surface area contributed by atoms with Crippen LogP contribution in [-0.4, -0.2) is 15.9 Å². The van der Waals surface area contributed by atoms with Crippen LogP contribution >= 0.6 is 47.0 Å². The van der Waals surface area contributed by atoms with Crippen LogP contribution < -0.4 is 10.6 Å². The topological polar surface area (TPSA) is 97.4 Å². The first kappa shape index (κ1) is 21.1. The lowest BCUT2D eigenvalue weighted by molar-refractivity contribution is -0.384. The number of furan rings is 1. The third-order valence-corrected chi connectivity index (χ3v) is 4.69. The van der Waals surface area contributed by atoms with Gasteiger partial charge in [0.25, 0.3) is 11.6 Å². The minimum Gasteiger partial charge on any atom is -0.451 e. The second-order valence-electron chi connectivity index (χ2n) is 5.59. The summed E-state index contributed by atoms with van der Waals surface area (Å²) >= 11 is 23.1. The van der Waals surface area contributed by atoms with Gasteiger partial charge in [-0.2, -0.15) is 0 Å². The van der Waals surface area contributed by atoms with Gasteiger partial charge in [-0.05, 0) is 42.5 Å². The fourth-order valence-electron chi connectivity index (χ4n) is 2.42. The molecule has 1 aromatic heterocycles. The largest absolute Gasteiger partial charge is 0.451 e. The van der Waals surface area contributed by atoms with Crippen LogP contribution in [0.2, 0.25) is 15.1 Å². The zero-order chi connectivity index (χ0) is 21.1. The summed E-state index contributed by atoms with van der Waals surface area (Å²) in [7, 11) is 0. The molecule has 0 atom stereocenters. The number of nitrogens with zero attached hydrogens (tertiary/aromatic N) is 1. The molecule has 0 spiro atoms. The first-order valence-corrected chi connectivity index (χ1v) is 9.41. The number of hydrogen-bond acceptors (Lipinski definition) is 5. The van der Waals surface area contributed by atoms with Gasteiger partial charge in [-0.15, -0.1) is 0 Å². The van der Waals surface area contributed by atoms with Crippen molar-refractivity contribution in [1.82, 2.24) is 5.32 Å². The molecular weight excluding hydrogens is 461 g/mol. The molecule has 3 rings (SSSR count). The van der Waals surface area contributed by atoms with Gasteiger partial charge in [0.2, 0.25) is 0 Å². The lowest BCUT2D eigenvalue weighted by atomic mass is 10.1. The standard InChI is InChI=1S/C18H10Cl3N3O4S/c19-9-7-11(20)16(12(21)8-9)22-18(29)23-17(25)15-6-5-14(28-15)10-3-1-2-4-13(10)24(26)27/h1-8H,(H2,22,23,25,29). The number of para-hydroxylation sites is 1. The number of thiocarbonyl (C=S) groups is 1. The second kappa shape index (κ2) is 8.79. The Labute approximate surface area is 184 Å². The van der Waals surface area contributed by atoms with E-state index in [1.165, 1.54) is 42.5 Å². The number of hydrogen-bond donors (Lipinski definition) is 2. The molecule has 2 N–H and O–H groups in total.